The topological polar surface area (TPSA) is 62.4 Å². The van der Waals surface area contributed by atoms with Gasteiger partial charge >= 0.3 is 0 Å². The second-order valence-electron chi connectivity index (χ2n) is 13.9. The van der Waals surface area contributed by atoms with Gasteiger partial charge in [-0.25, -0.2) is 0 Å². The maximum atomic E-state index is 10.8. The van der Waals surface area contributed by atoms with Crippen LogP contribution >= 0.6 is 0 Å². The number of para-hydroxylation sites is 6. The van der Waals surface area contributed by atoms with Gasteiger partial charge in [0.1, 0.15) is 6.07 Å². The molecule has 0 aliphatic heterocycles. The van der Waals surface area contributed by atoms with E-state index in [2.05, 4.69) is 159 Å². The molecule has 5 nitrogen and oxygen atoms in total. The molecule has 0 saturated heterocycles. The lowest BCUT2D eigenvalue weighted by Gasteiger charge is -2.19. The van der Waals surface area contributed by atoms with E-state index in [4.69, 9.17) is 0 Å². The van der Waals surface area contributed by atoms with Crippen LogP contribution in [0.25, 0.3) is 93.6 Å². The number of nitriles is 2. The summed E-state index contributed by atoms with van der Waals surface area (Å²) in [6.07, 6.45) is 0. The number of aromatic nitrogens is 3. The van der Waals surface area contributed by atoms with Crippen LogP contribution in [0, 0.1) is 22.7 Å². The van der Waals surface area contributed by atoms with Gasteiger partial charge < -0.3 is 13.7 Å². The zero-order valence-electron chi connectivity index (χ0n) is 29.5. The van der Waals surface area contributed by atoms with Gasteiger partial charge in [-0.3, -0.25) is 0 Å². The van der Waals surface area contributed by atoms with E-state index >= 15 is 0 Å². The van der Waals surface area contributed by atoms with Crippen LogP contribution in [-0.4, -0.2) is 13.7 Å². The molecule has 0 bridgehead atoms. The third kappa shape index (κ3) is 4.33. The number of hydrogen-bond donors (Lipinski definition) is 0. The van der Waals surface area contributed by atoms with Crippen LogP contribution in [0.4, 0.5) is 0 Å². The molecule has 0 fully saturated rings. The van der Waals surface area contributed by atoms with Crippen molar-refractivity contribution >= 4 is 65.4 Å². The second-order valence-corrected chi connectivity index (χ2v) is 13.9. The predicted octanol–water partition coefficient (Wildman–Crippen LogP) is 12.4. The van der Waals surface area contributed by atoms with Gasteiger partial charge in [0.15, 0.2) is 0 Å². The number of nitrogens with zero attached hydrogens (tertiary/aromatic N) is 5. The number of fused-ring (bicyclic) bond motifs is 9. The number of rotatable bonds is 4. The number of hydrogen-bond acceptors (Lipinski definition) is 2. The summed E-state index contributed by atoms with van der Waals surface area (Å²) < 4.78 is 6.91. The first kappa shape index (κ1) is 30.7. The summed E-state index contributed by atoms with van der Waals surface area (Å²) in [5.41, 5.74) is 12.1. The van der Waals surface area contributed by atoms with Crippen molar-refractivity contribution in [2.75, 3.05) is 0 Å². The highest BCUT2D eigenvalue weighted by atomic mass is 15.1. The Morgan fingerprint density at radius 2 is 0.800 bits per heavy atom. The lowest BCUT2D eigenvalue weighted by molar-refractivity contribution is 1.13. The Hall–Kier alpha value is -7.86. The van der Waals surface area contributed by atoms with Crippen molar-refractivity contribution in [2.24, 2.45) is 0 Å². The summed E-state index contributed by atoms with van der Waals surface area (Å²) in [5, 5.41) is 27.8. The zero-order valence-corrected chi connectivity index (χ0v) is 29.5. The SMILES string of the molecule is N#Cc1cccc(-n2c3ccccc3c3cccc(-n4c5ccccc5c5ccccc54)c32)c1-c1cccc(-n2c3ccccc3c3cccc(C#N)c32)c1. The number of benzene rings is 8. The Morgan fingerprint density at radius 3 is 1.44 bits per heavy atom. The molecule has 0 radical (unpaired) electrons. The summed E-state index contributed by atoms with van der Waals surface area (Å²) in [6.45, 7) is 0. The van der Waals surface area contributed by atoms with Gasteiger partial charge in [-0.1, -0.05) is 115 Å². The van der Waals surface area contributed by atoms with Crippen LogP contribution in [0.1, 0.15) is 11.1 Å². The molecular weight excluding hydrogens is 671 g/mol. The third-order valence-electron chi connectivity index (χ3n) is 11.1. The van der Waals surface area contributed by atoms with Gasteiger partial charge in [0.05, 0.1) is 61.7 Å². The fourth-order valence-corrected chi connectivity index (χ4v) is 8.91. The summed E-state index contributed by atoms with van der Waals surface area (Å²) in [5.74, 6) is 0. The van der Waals surface area contributed by atoms with Crippen LogP contribution < -0.4 is 0 Å². The Kier molecular flexibility index (Phi) is 6.61. The van der Waals surface area contributed by atoms with Crippen LogP contribution in [0.3, 0.4) is 0 Å². The molecule has 8 aromatic carbocycles. The Morgan fingerprint density at radius 1 is 0.345 bits per heavy atom. The van der Waals surface area contributed by atoms with Gasteiger partial charge in [0.2, 0.25) is 0 Å². The van der Waals surface area contributed by atoms with Crippen molar-refractivity contribution in [3.8, 4) is 40.3 Å². The maximum absolute atomic E-state index is 10.8. The molecule has 11 aromatic rings. The van der Waals surface area contributed by atoms with Crippen molar-refractivity contribution < 1.29 is 0 Å². The lowest BCUT2D eigenvalue weighted by atomic mass is 9.97. The van der Waals surface area contributed by atoms with Crippen LogP contribution in [0.5, 0.6) is 0 Å². The van der Waals surface area contributed by atoms with Crippen molar-refractivity contribution in [3.63, 3.8) is 0 Å². The highest BCUT2D eigenvalue weighted by molar-refractivity contribution is 6.16. The molecule has 3 aromatic heterocycles. The molecule has 0 aliphatic carbocycles. The zero-order chi connectivity index (χ0) is 36.6. The van der Waals surface area contributed by atoms with Crippen molar-refractivity contribution in [1.29, 1.82) is 10.5 Å². The molecule has 0 atom stereocenters. The molecule has 0 unspecified atom stereocenters. The van der Waals surface area contributed by atoms with E-state index in [1.54, 1.807) is 0 Å². The molecule has 5 heteroatoms. The van der Waals surface area contributed by atoms with E-state index in [-0.39, 0.29) is 0 Å². The van der Waals surface area contributed by atoms with E-state index in [1.165, 1.54) is 10.8 Å². The van der Waals surface area contributed by atoms with Crippen molar-refractivity contribution in [1.82, 2.24) is 13.7 Å². The molecule has 3 heterocycles. The van der Waals surface area contributed by atoms with E-state index in [9.17, 15) is 10.5 Å². The first-order chi connectivity index (χ1) is 27.2. The lowest BCUT2D eigenvalue weighted by Crippen LogP contribution is -2.03. The Bertz CT molecular complexity index is 3420. The Balaban J connectivity index is 1.24. The summed E-state index contributed by atoms with van der Waals surface area (Å²) >= 11 is 0. The molecule has 55 heavy (non-hydrogen) atoms. The first-order valence-corrected chi connectivity index (χ1v) is 18.3. The predicted molar refractivity (Wildman–Crippen MR) is 224 cm³/mol. The van der Waals surface area contributed by atoms with E-state index in [1.807, 2.05) is 42.5 Å². The summed E-state index contributed by atoms with van der Waals surface area (Å²) in [4.78, 5) is 0. The minimum Gasteiger partial charge on any atom is -0.308 e. The van der Waals surface area contributed by atoms with Gasteiger partial charge in [0.25, 0.3) is 0 Å². The molecule has 0 N–H and O–H groups in total. The van der Waals surface area contributed by atoms with Crippen molar-refractivity contribution in [3.05, 3.63) is 187 Å². The van der Waals surface area contributed by atoms with Gasteiger partial charge in [0, 0.05) is 43.6 Å². The fourth-order valence-electron chi connectivity index (χ4n) is 8.91. The van der Waals surface area contributed by atoms with Gasteiger partial charge in [-0.2, -0.15) is 10.5 Å². The summed E-state index contributed by atoms with van der Waals surface area (Å²) in [7, 11) is 0. The normalized spacial score (nSPS) is 11.6. The molecule has 11 rings (SSSR count). The molecule has 254 valence electrons. The van der Waals surface area contributed by atoms with Gasteiger partial charge in [-0.05, 0) is 66.2 Å². The monoisotopic (exact) mass is 699 g/mol. The second kappa shape index (κ2) is 11.8. The molecule has 0 spiro atoms. The molecule has 0 aliphatic rings. The average molecular weight is 700 g/mol. The smallest absolute Gasteiger partial charge is 0.101 e. The quantitative estimate of drug-likeness (QED) is 0.184. The molecule has 0 amide bonds. The molecular formula is C50H29N5. The fraction of sp³-hybridized carbons (Fsp3) is 0. The largest absolute Gasteiger partial charge is 0.308 e. The minimum absolute atomic E-state index is 0.579. The highest BCUT2D eigenvalue weighted by Gasteiger charge is 2.23. The third-order valence-corrected chi connectivity index (χ3v) is 11.1. The van der Waals surface area contributed by atoms with Crippen LogP contribution in [-0.2, 0) is 0 Å². The van der Waals surface area contributed by atoms with E-state index < -0.39 is 0 Å². The van der Waals surface area contributed by atoms with Crippen LogP contribution in [0.2, 0.25) is 0 Å². The maximum Gasteiger partial charge on any atom is 0.101 e. The molecule has 0 saturated carbocycles. The van der Waals surface area contributed by atoms with Crippen molar-refractivity contribution in [2.45, 2.75) is 0 Å². The van der Waals surface area contributed by atoms with Crippen LogP contribution in [0.15, 0.2) is 176 Å². The Labute approximate surface area is 316 Å². The van der Waals surface area contributed by atoms with Gasteiger partial charge in [-0.15, -0.1) is 0 Å². The summed E-state index contributed by atoms with van der Waals surface area (Å²) in [6, 6.07) is 65.9. The van der Waals surface area contributed by atoms with E-state index in [0.717, 1.165) is 82.8 Å². The standard InChI is InChI=1S/C50H29N5/c51-30-33-14-11-27-46(48(33)32-13-9-16-35(29-32)53-42-23-5-3-19-38(42)40-21-10-15-34(31-52)49(40)53)55-45-26-8-4-20-39(45)41-22-12-28-47(50(41)55)54-43-24-6-1-17-36(43)37-18-2-7-25-44(37)54/h1-29H. The first-order valence-electron chi connectivity index (χ1n) is 18.3. The minimum atomic E-state index is 0.579. The average Bonchev–Trinajstić information content (AvgIpc) is 3.89. The highest BCUT2D eigenvalue weighted by Crippen LogP contribution is 2.43. The van der Waals surface area contributed by atoms with E-state index in [0.29, 0.717) is 11.1 Å².